The molecular weight excluding hydrogens is 292 g/mol. The second-order valence-corrected chi connectivity index (χ2v) is 4.65. The summed E-state index contributed by atoms with van der Waals surface area (Å²) >= 11 is 5.79. The number of ketones is 1. The summed E-state index contributed by atoms with van der Waals surface area (Å²) in [5, 5.41) is 0.577. The summed E-state index contributed by atoms with van der Waals surface area (Å²) in [6, 6.07) is 13.2. The Morgan fingerprint density at radius 1 is 1.00 bits per heavy atom. The molecule has 1 amide bonds. The van der Waals surface area contributed by atoms with E-state index in [4.69, 9.17) is 22.2 Å². The third-order valence-corrected chi connectivity index (χ3v) is 3.01. The van der Waals surface area contributed by atoms with Crippen LogP contribution in [0.25, 0.3) is 0 Å². The van der Waals surface area contributed by atoms with E-state index in [1.165, 1.54) is 0 Å². The van der Waals surface area contributed by atoms with Gasteiger partial charge >= 0.3 is 0 Å². The van der Waals surface area contributed by atoms with Crippen LogP contribution in [0.3, 0.4) is 0 Å². The van der Waals surface area contributed by atoms with Crippen LogP contribution in [-0.2, 0) is 4.79 Å². The van der Waals surface area contributed by atoms with E-state index in [9.17, 15) is 9.59 Å². The Morgan fingerprint density at radius 2 is 1.52 bits per heavy atom. The van der Waals surface area contributed by atoms with Crippen molar-refractivity contribution >= 4 is 23.3 Å². The molecular formula is C15H13ClN2O3. The Kier molecular flexibility index (Phi) is 4.92. The van der Waals surface area contributed by atoms with Crippen LogP contribution in [0.1, 0.15) is 15.9 Å². The number of amides is 1. The van der Waals surface area contributed by atoms with E-state index in [1.807, 2.05) is 5.43 Å². The Balaban J connectivity index is 2.06. The predicted molar refractivity (Wildman–Crippen MR) is 79.2 cm³/mol. The Morgan fingerprint density at radius 3 is 2.05 bits per heavy atom. The van der Waals surface area contributed by atoms with Crippen molar-refractivity contribution in [2.45, 2.75) is 0 Å². The number of nitrogens with two attached hydrogens (primary N) is 1. The van der Waals surface area contributed by atoms with Crippen molar-refractivity contribution in [1.29, 1.82) is 0 Å². The summed E-state index contributed by atoms with van der Waals surface area (Å²) in [6.07, 6.45) is 0. The maximum absolute atomic E-state index is 12.2. The Labute approximate surface area is 126 Å². The zero-order valence-electron chi connectivity index (χ0n) is 11.0. The van der Waals surface area contributed by atoms with E-state index >= 15 is 0 Å². The molecule has 0 heterocycles. The van der Waals surface area contributed by atoms with Crippen LogP contribution in [0.5, 0.6) is 5.75 Å². The molecule has 2 rings (SSSR count). The molecule has 0 fully saturated rings. The zero-order valence-corrected chi connectivity index (χ0v) is 11.8. The summed E-state index contributed by atoms with van der Waals surface area (Å²) in [5.41, 5.74) is 3.03. The van der Waals surface area contributed by atoms with Crippen molar-refractivity contribution in [3.8, 4) is 5.75 Å². The van der Waals surface area contributed by atoms with Crippen LogP contribution in [0.4, 0.5) is 0 Å². The topological polar surface area (TPSA) is 81.4 Å². The summed E-state index contributed by atoms with van der Waals surface area (Å²) in [4.78, 5) is 23.2. The van der Waals surface area contributed by atoms with Gasteiger partial charge in [-0.3, -0.25) is 15.0 Å². The highest BCUT2D eigenvalue weighted by molar-refractivity contribution is 6.30. The number of benzene rings is 2. The summed E-state index contributed by atoms with van der Waals surface area (Å²) in [7, 11) is 0. The molecule has 0 aliphatic carbocycles. The highest BCUT2D eigenvalue weighted by Crippen LogP contribution is 2.17. The van der Waals surface area contributed by atoms with Crippen LogP contribution < -0.4 is 16.0 Å². The summed E-state index contributed by atoms with van der Waals surface area (Å²) < 4.78 is 5.19. The first kappa shape index (κ1) is 15.0. The first-order valence-corrected chi connectivity index (χ1v) is 6.50. The minimum absolute atomic E-state index is 0.113. The van der Waals surface area contributed by atoms with Crippen LogP contribution in [0.15, 0.2) is 48.5 Å². The molecule has 0 unspecified atom stereocenters. The van der Waals surface area contributed by atoms with Crippen molar-refractivity contribution in [2.24, 2.45) is 5.84 Å². The first-order chi connectivity index (χ1) is 10.1. The van der Waals surface area contributed by atoms with Crippen molar-refractivity contribution in [3.63, 3.8) is 0 Å². The molecule has 6 heteroatoms. The van der Waals surface area contributed by atoms with E-state index in [1.54, 1.807) is 48.5 Å². The fourth-order valence-electron chi connectivity index (χ4n) is 1.66. The largest absolute Gasteiger partial charge is 0.484 e. The minimum atomic E-state index is -0.434. The second kappa shape index (κ2) is 6.88. The lowest BCUT2D eigenvalue weighted by atomic mass is 10.0. The van der Waals surface area contributed by atoms with Crippen molar-refractivity contribution in [1.82, 2.24) is 5.43 Å². The molecule has 0 aliphatic heterocycles. The average Bonchev–Trinajstić information content (AvgIpc) is 2.53. The number of ether oxygens (including phenoxy) is 1. The van der Waals surface area contributed by atoms with Crippen LogP contribution in [0, 0.1) is 0 Å². The third-order valence-electron chi connectivity index (χ3n) is 2.75. The number of carbonyl (C=O) groups excluding carboxylic acids is 2. The molecule has 0 aromatic heterocycles. The van der Waals surface area contributed by atoms with Crippen molar-refractivity contribution < 1.29 is 14.3 Å². The van der Waals surface area contributed by atoms with Gasteiger partial charge < -0.3 is 4.74 Å². The molecule has 0 bridgehead atoms. The molecule has 2 aromatic rings. The number of hydrazine groups is 1. The molecule has 0 aliphatic rings. The van der Waals surface area contributed by atoms with Crippen LogP contribution in [0.2, 0.25) is 5.02 Å². The number of hydrogen-bond donors (Lipinski definition) is 2. The van der Waals surface area contributed by atoms with E-state index in [0.717, 1.165) is 0 Å². The minimum Gasteiger partial charge on any atom is -0.484 e. The van der Waals surface area contributed by atoms with Crippen molar-refractivity contribution in [3.05, 3.63) is 64.7 Å². The number of hydrogen-bond acceptors (Lipinski definition) is 4. The van der Waals surface area contributed by atoms with Gasteiger partial charge in [0.15, 0.2) is 12.4 Å². The lowest BCUT2D eigenvalue weighted by Gasteiger charge is -2.06. The number of nitrogens with one attached hydrogen (secondary N) is 1. The maximum Gasteiger partial charge on any atom is 0.271 e. The molecule has 0 saturated heterocycles. The monoisotopic (exact) mass is 304 g/mol. The van der Waals surface area contributed by atoms with Gasteiger partial charge in [-0.1, -0.05) is 11.6 Å². The quantitative estimate of drug-likeness (QED) is 0.383. The molecule has 5 nitrogen and oxygen atoms in total. The second-order valence-electron chi connectivity index (χ2n) is 4.22. The lowest BCUT2D eigenvalue weighted by Crippen LogP contribution is -2.34. The lowest BCUT2D eigenvalue weighted by molar-refractivity contribution is -0.123. The summed E-state index contributed by atoms with van der Waals surface area (Å²) in [6.45, 7) is -0.180. The van der Waals surface area contributed by atoms with Gasteiger partial charge in [0.25, 0.3) is 5.91 Å². The van der Waals surface area contributed by atoms with E-state index in [-0.39, 0.29) is 12.4 Å². The maximum atomic E-state index is 12.2. The zero-order chi connectivity index (χ0) is 15.2. The first-order valence-electron chi connectivity index (χ1n) is 6.12. The number of halogens is 1. The van der Waals surface area contributed by atoms with Gasteiger partial charge in [0.2, 0.25) is 0 Å². The molecule has 3 N–H and O–H groups in total. The average molecular weight is 305 g/mol. The summed E-state index contributed by atoms with van der Waals surface area (Å²) in [5.74, 6) is 4.87. The SMILES string of the molecule is NNC(=O)COc1ccc(C(=O)c2ccc(Cl)cc2)cc1. The van der Waals surface area contributed by atoms with Gasteiger partial charge in [-0.2, -0.15) is 0 Å². The number of rotatable bonds is 5. The fourth-order valence-corrected chi connectivity index (χ4v) is 1.79. The van der Waals surface area contributed by atoms with Gasteiger partial charge in [0.05, 0.1) is 0 Å². The third kappa shape index (κ3) is 4.05. The smallest absolute Gasteiger partial charge is 0.271 e. The van der Waals surface area contributed by atoms with E-state index in [2.05, 4.69) is 0 Å². The highest BCUT2D eigenvalue weighted by Gasteiger charge is 2.09. The van der Waals surface area contributed by atoms with Crippen LogP contribution in [-0.4, -0.2) is 18.3 Å². The van der Waals surface area contributed by atoms with Gasteiger partial charge in [0.1, 0.15) is 5.75 Å². The normalized spacial score (nSPS) is 10.0. The molecule has 108 valence electrons. The standard InChI is InChI=1S/C15H13ClN2O3/c16-12-5-1-10(2-6-12)15(20)11-3-7-13(8-4-11)21-9-14(19)18-17/h1-8H,9,17H2,(H,18,19). The van der Waals surface area contributed by atoms with E-state index in [0.29, 0.717) is 21.9 Å². The molecule has 0 spiro atoms. The number of carbonyl (C=O) groups is 2. The molecule has 0 atom stereocenters. The van der Waals surface area contributed by atoms with Gasteiger partial charge in [0, 0.05) is 16.1 Å². The van der Waals surface area contributed by atoms with Gasteiger partial charge in [-0.05, 0) is 48.5 Å². The van der Waals surface area contributed by atoms with Gasteiger partial charge in [-0.15, -0.1) is 0 Å². The van der Waals surface area contributed by atoms with Crippen LogP contribution >= 0.6 is 11.6 Å². The molecule has 0 saturated carbocycles. The highest BCUT2D eigenvalue weighted by atomic mass is 35.5. The molecule has 2 aromatic carbocycles. The molecule has 0 radical (unpaired) electrons. The fraction of sp³-hybridized carbons (Fsp3) is 0.0667. The van der Waals surface area contributed by atoms with E-state index < -0.39 is 5.91 Å². The molecule has 21 heavy (non-hydrogen) atoms. The van der Waals surface area contributed by atoms with Gasteiger partial charge in [-0.25, -0.2) is 5.84 Å². The van der Waals surface area contributed by atoms with Crippen molar-refractivity contribution in [2.75, 3.05) is 6.61 Å². The Bertz CT molecular complexity index is 639. The predicted octanol–water partition coefficient (Wildman–Crippen LogP) is 1.94. The Hall–Kier alpha value is -2.37.